The molecule has 2 aliphatic rings. The second-order valence-corrected chi connectivity index (χ2v) is 10.4. The number of benzene rings is 2. The summed E-state index contributed by atoms with van der Waals surface area (Å²) in [5.74, 6) is 1.65. The van der Waals surface area contributed by atoms with Crippen LogP contribution in [0.2, 0.25) is 0 Å². The van der Waals surface area contributed by atoms with Crippen LogP contribution in [-0.2, 0) is 9.53 Å². The smallest absolute Gasteiger partial charge is 0.338 e. The van der Waals surface area contributed by atoms with Gasteiger partial charge in [0.15, 0.2) is 5.17 Å². The number of carbonyl (C=O) groups excluding carboxylic acids is 2. The first-order valence-corrected chi connectivity index (χ1v) is 13.3. The van der Waals surface area contributed by atoms with E-state index in [0.29, 0.717) is 40.6 Å². The molecule has 2 aromatic rings. The van der Waals surface area contributed by atoms with Crippen LogP contribution in [0.3, 0.4) is 0 Å². The van der Waals surface area contributed by atoms with Gasteiger partial charge in [-0.25, -0.2) is 9.79 Å². The Labute approximate surface area is 222 Å². The lowest BCUT2D eigenvalue weighted by Gasteiger charge is -2.40. The zero-order chi connectivity index (χ0) is 26.5. The molecule has 2 aromatic carbocycles. The number of thioether (sulfide) groups is 1. The molecule has 0 aromatic heterocycles. The third-order valence-electron chi connectivity index (χ3n) is 6.16. The normalized spacial score (nSPS) is 17.2. The molecule has 37 heavy (non-hydrogen) atoms. The molecule has 1 N–H and O–H groups in total. The van der Waals surface area contributed by atoms with Crippen LogP contribution in [-0.4, -0.2) is 55.1 Å². The number of rotatable bonds is 8. The first-order valence-electron chi connectivity index (χ1n) is 12.3. The van der Waals surface area contributed by atoms with Crippen LogP contribution >= 0.6 is 11.8 Å². The summed E-state index contributed by atoms with van der Waals surface area (Å²) < 4.78 is 16.2. The molecule has 0 saturated carbocycles. The van der Waals surface area contributed by atoms with Gasteiger partial charge in [-0.15, -0.1) is 0 Å². The number of ether oxygens (including phenoxy) is 3. The van der Waals surface area contributed by atoms with Crippen LogP contribution in [0, 0.1) is 5.92 Å². The molecule has 196 valence electrons. The fourth-order valence-electron chi connectivity index (χ4n) is 4.33. The van der Waals surface area contributed by atoms with E-state index in [2.05, 4.69) is 10.2 Å². The number of nitrogens with one attached hydrogen (secondary N) is 1. The zero-order valence-corrected chi connectivity index (χ0v) is 22.7. The van der Waals surface area contributed by atoms with Gasteiger partial charge in [0.25, 0.3) is 5.91 Å². The van der Waals surface area contributed by atoms with Crippen molar-refractivity contribution in [3.8, 4) is 11.5 Å². The number of aliphatic imine (C=N–C) groups is 1. The minimum atomic E-state index is -0.335. The van der Waals surface area contributed by atoms with E-state index in [1.54, 1.807) is 37.1 Å². The highest BCUT2D eigenvalue weighted by Crippen LogP contribution is 2.40. The van der Waals surface area contributed by atoms with Gasteiger partial charge in [-0.1, -0.05) is 37.7 Å². The lowest BCUT2D eigenvalue weighted by atomic mass is 9.94. The van der Waals surface area contributed by atoms with E-state index in [1.807, 2.05) is 45.0 Å². The number of fused-ring (bicyclic) bond motifs is 1. The van der Waals surface area contributed by atoms with E-state index in [0.717, 1.165) is 29.4 Å². The molecule has 0 unspecified atom stereocenters. The van der Waals surface area contributed by atoms with E-state index in [4.69, 9.17) is 19.2 Å². The summed E-state index contributed by atoms with van der Waals surface area (Å²) in [4.78, 5) is 33.1. The molecular formula is C28H33N3O5S. The van der Waals surface area contributed by atoms with Gasteiger partial charge in [0.1, 0.15) is 11.5 Å². The highest BCUT2D eigenvalue weighted by Gasteiger charge is 2.38. The summed E-state index contributed by atoms with van der Waals surface area (Å²) in [6.07, 6.45) is 1.01. The molecule has 4 rings (SSSR count). The first-order chi connectivity index (χ1) is 17.8. The van der Waals surface area contributed by atoms with Gasteiger partial charge in [-0.05, 0) is 49.1 Å². The molecule has 1 fully saturated rings. The Morgan fingerprint density at radius 3 is 2.57 bits per heavy atom. The van der Waals surface area contributed by atoms with Crippen LogP contribution in [0.1, 0.15) is 49.2 Å². The average Bonchev–Trinajstić information content (AvgIpc) is 2.91. The summed E-state index contributed by atoms with van der Waals surface area (Å²) in [5.41, 5.74) is 3.22. The monoisotopic (exact) mass is 523 g/mol. The van der Waals surface area contributed by atoms with Crippen molar-refractivity contribution in [2.24, 2.45) is 10.9 Å². The number of allylic oxidation sites excluding steroid dienone is 1. The van der Waals surface area contributed by atoms with E-state index >= 15 is 0 Å². The summed E-state index contributed by atoms with van der Waals surface area (Å²) in [5, 5.41) is 3.86. The van der Waals surface area contributed by atoms with Crippen molar-refractivity contribution in [1.29, 1.82) is 0 Å². The van der Waals surface area contributed by atoms with Crippen molar-refractivity contribution in [2.75, 3.05) is 38.4 Å². The molecule has 0 bridgehead atoms. The van der Waals surface area contributed by atoms with Crippen molar-refractivity contribution < 1.29 is 23.8 Å². The number of anilines is 1. The maximum absolute atomic E-state index is 13.2. The number of nitrogens with zero attached hydrogens (tertiary/aromatic N) is 2. The Morgan fingerprint density at radius 2 is 1.89 bits per heavy atom. The van der Waals surface area contributed by atoms with Crippen LogP contribution < -0.4 is 14.8 Å². The molecule has 1 atom stereocenters. The Kier molecular flexibility index (Phi) is 8.43. The van der Waals surface area contributed by atoms with Gasteiger partial charge in [-0.2, -0.15) is 0 Å². The summed E-state index contributed by atoms with van der Waals surface area (Å²) >= 11 is 1.71. The number of hydrogen-bond donors (Lipinski definition) is 1. The predicted octanol–water partition coefficient (Wildman–Crippen LogP) is 5.28. The van der Waals surface area contributed by atoms with Crippen molar-refractivity contribution >= 4 is 34.5 Å². The number of amidine groups is 1. The molecule has 0 spiro atoms. The quantitative estimate of drug-likeness (QED) is 0.471. The van der Waals surface area contributed by atoms with Crippen molar-refractivity contribution in [3.05, 3.63) is 64.9 Å². The molecule has 1 amide bonds. The fourth-order valence-corrected chi connectivity index (χ4v) is 5.35. The number of carbonyl (C=O) groups is 2. The zero-order valence-electron chi connectivity index (χ0n) is 21.9. The Hall–Kier alpha value is -3.46. The van der Waals surface area contributed by atoms with Crippen LogP contribution in [0.25, 0.3) is 0 Å². The van der Waals surface area contributed by atoms with Gasteiger partial charge in [0.05, 0.1) is 43.7 Å². The standard InChI is InChI=1S/C28H33N3O5S/c1-17(2)16-36-27(33)24-18(3)29-28-31(13-6-14-37-28)25(24)19-7-9-20(10-8-19)30-26(32)22-12-11-21(34-4)15-23(22)35-5/h7-12,15,17,25H,6,13-14,16H2,1-5H3,(H,30,32)/t25-/m0/s1. The van der Waals surface area contributed by atoms with E-state index < -0.39 is 0 Å². The fraction of sp³-hybridized carbons (Fsp3) is 0.393. The summed E-state index contributed by atoms with van der Waals surface area (Å²) in [6, 6.07) is 12.3. The largest absolute Gasteiger partial charge is 0.497 e. The number of hydrogen-bond acceptors (Lipinski definition) is 8. The molecular weight excluding hydrogens is 490 g/mol. The molecule has 8 nitrogen and oxygen atoms in total. The Balaban J connectivity index is 1.59. The van der Waals surface area contributed by atoms with E-state index in [1.165, 1.54) is 7.11 Å². The first kappa shape index (κ1) is 26.6. The van der Waals surface area contributed by atoms with Crippen LogP contribution in [0.5, 0.6) is 11.5 Å². The predicted molar refractivity (Wildman–Crippen MR) is 146 cm³/mol. The van der Waals surface area contributed by atoms with E-state index in [9.17, 15) is 9.59 Å². The minimum Gasteiger partial charge on any atom is -0.497 e. The van der Waals surface area contributed by atoms with Gasteiger partial charge in [-0.3, -0.25) is 4.79 Å². The SMILES string of the molecule is COc1ccc(C(=O)Nc2ccc([C@H]3C(C(=O)OCC(C)C)=C(C)N=C4SCCCN43)cc2)c(OC)c1. The minimum absolute atomic E-state index is 0.240. The molecule has 1 saturated heterocycles. The van der Waals surface area contributed by atoms with Gasteiger partial charge in [0, 0.05) is 24.1 Å². The van der Waals surface area contributed by atoms with Gasteiger partial charge in [0.2, 0.25) is 0 Å². The Bertz CT molecular complexity index is 1220. The second kappa shape index (κ2) is 11.7. The molecule has 0 aliphatic carbocycles. The van der Waals surface area contributed by atoms with Crippen LogP contribution in [0.4, 0.5) is 5.69 Å². The number of amides is 1. The Morgan fingerprint density at radius 1 is 1.14 bits per heavy atom. The second-order valence-electron chi connectivity index (χ2n) is 9.33. The maximum atomic E-state index is 13.2. The number of methoxy groups -OCH3 is 2. The van der Waals surface area contributed by atoms with Crippen LogP contribution in [0.15, 0.2) is 58.7 Å². The molecule has 9 heteroatoms. The summed E-state index contributed by atoms with van der Waals surface area (Å²) in [7, 11) is 3.08. The average molecular weight is 524 g/mol. The lowest BCUT2D eigenvalue weighted by Crippen LogP contribution is -2.42. The highest BCUT2D eigenvalue weighted by atomic mass is 32.2. The molecule has 2 aliphatic heterocycles. The van der Waals surface area contributed by atoms with Crippen molar-refractivity contribution in [1.82, 2.24) is 4.90 Å². The third kappa shape index (κ3) is 5.93. The van der Waals surface area contributed by atoms with Gasteiger partial charge >= 0.3 is 5.97 Å². The van der Waals surface area contributed by atoms with Crippen molar-refractivity contribution in [2.45, 2.75) is 33.2 Å². The highest BCUT2D eigenvalue weighted by molar-refractivity contribution is 8.13. The van der Waals surface area contributed by atoms with Gasteiger partial charge < -0.3 is 24.4 Å². The molecule has 0 radical (unpaired) electrons. The van der Waals surface area contributed by atoms with Crippen molar-refractivity contribution in [3.63, 3.8) is 0 Å². The maximum Gasteiger partial charge on any atom is 0.338 e. The third-order valence-corrected chi connectivity index (χ3v) is 7.24. The lowest BCUT2D eigenvalue weighted by molar-refractivity contribution is -0.140. The summed E-state index contributed by atoms with van der Waals surface area (Å²) in [6.45, 7) is 7.06. The number of esters is 1. The molecule has 2 heterocycles. The topological polar surface area (TPSA) is 89.5 Å². The van der Waals surface area contributed by atoms with E-state index in [-0.39, 0.29) is 23.8 Å².